The fraction of sp³-hybridized carbons (Fsp3) is 0.294. The van der Waals surface area contributed by atoms with Gasteiger partial charge < -0.3 is 0 Å². The Labute approximate surface area is 118 Å². The van der Waals surface area contributed by atoms with Crippen LogP contribution < -0.4 is 0 Å². The molecule has 0 saturated heterocycles. The molecule has 0 bridgehead atoms. The molecule has 2 aromatic carbocycles. The normalized spacial score (nSPS) is 10.6. The summed E-state index contributed by atoms with van der Waals surface area (Å²) in [5.74, 6) is 0. The Morgan fingerprint density at radius 1 is 0.778 bits per heavy atom. The fourth-order valence-electron chi connectivity index (χ4n) is 2.04. The third-order valence-corrected chi connectivity index (χ3v) is 3.80. The molecule has 0 aliphatic heterocycles. The van der Waals surface area contributed by atoms with Crippen LogP contribution in [0.1, 0.15) is 24.0 Å². The van der Waals surface area contributed by atoms with Gasteiger partial charge in [0.15, 0.2) is 0 Å². The van der Waals surface area contributed by atoms with Crippen LogP contribution in [0.3, 0.4) is 0 Å². The molecular weight excluding hydrogens is 283 g/mol. The first-order valence-electron chi connectivity index (χ1n) is 6.53. The molecule has 1 radical (unpaired) electrons. The van der Waals surface area contributed by atoms with Crippen LogP contribution in [0.15, 0.2) is 48.5 Å². The van der Waals surface area contributed by atoms with Crippen molar-refractivity contribution in [3.63, 3.8) is 0 Å². The average molecular weight is 302 g/mol. The van der Waals surface area contributed by atoms with Crippen LogP contribution in [0.25, 0.3) is 11.1 Å². The van der Waals surface area contributed by atoms with E-state index in [0.29, 0.717) is 0 Å². The number of hydrogen-bond donors (Lipinski definition) is 0. The van der Waals surface area contributed by atoms with Gasteiger partial charge >= 0.3 is 111 Å². The van der Waals surface area contributed by atoms with Crippen LogP contribution in [-0.4, -0.2) is 16.0 Å². The summed E-state index contributed by atoms with van der Waals surface area (Å²) < 4.78 is 0. The molecule has 93 valence electrons. The molecule has 18 heavy (non-hydrogen) atoms. The van der Waals surface area contributed by atoms with Crippen molar-refractivity contribution >= 4 is 16.0 Å². The van der Waals surface area contributed by atoms with Gasteiger partial charge in [-0.25, -0.2) is 0 Å². The van der Waals surface area contributed by atoms with Gasteiger partial charge in [-0.05, 0) is 6.92 Å². The summed E-state index contributed by atoms with van der Waals surface area (Å²) in [5, 5.41) is 1.17. The van der Waals surface area contributed by atoms with Gasteiger partial charge in [-0.1, -0.05) is 0 Å². The van der Waals surface area contributed by atoms with Crippen LogP contribution in [0.5, 0.6) is 0 Å². The molecule has 1 heteroatoms. The molecule has 2 aromatic rings. The van der Waals surface area contributed by atoms with Gasteiger partial charge in [-0.15, -0.1) is 0 Å². The Morgan fingerprint density at radius 2 is 1.33 bits per heavy atom. The molecule has 0 unspecified atom stereocenters. The number of aryl methyl sites for hydroxylation is 2. The average Bonchev–Trinajstić information content (AvgIpc) is 2.41. The first-order valence-corrected chi connectivity index (χ1v) is 7.75. The van der Waals surface area contributed by atoms with Crippen LogP contribution in [0, 0.1) is 6.92 Å². The Bertz CT molecular complexity index is 468. The van der Waals surface area contributed by atoms with E-state index in [4.69, 9.17) is 0 Å². The summed E-state index contributed by atoms with van der Waals surface area (Å²) in [6, 6.07) is 17.7. The van der Waals surface area contributed by atoms with E-state index >= 15 is 0 Å². The van der Waals surface area contributed by atoms with E-state index in [1.165, 1.54) is 46.8 Å². The third-order valence-electron chi connectivity index (χ3n) is 3.20. The molecule has 0 spiro atoms. The maximum absolute atomic E-state index is 3.06. The van der Waals surface area contributed by atoms with E-state index in [1.54, 1.807) is 0 Å². The van der Waals surface area contributed by atoms with Crippen molar-refractivity contribution in [3.8, 4) is 11.1 Å². The minimum absolute atomic E-state index is 1.17. The SMILES string of the molecule is Cc1ccc(-c2ccc(CCCC[Se])cc2)cc1. The number of unbranched alkanes of at least 4 members (excludes halogenated alkanes) is 1. The molecule has 0 aliphatic carbocycles. The zero-order valence-corrected chi connectivity index (χ0v) is 12.6. The summed E-state index contributed by atoms with van der Waals surface area (Å²) in [6.45, 7) is 2.12. The topological polar surface area (TPSA) is 0 Å². The van der Waals surface area contributed by atoms with Crippen molar-refractivity contribution in [3.05, 3.63) is 59.7 Å². The van der Waals surface area contributed by atoms with Crippen molar-refractivity contribution in [2.24, 2.45) is 0 Å². The molecule has 0 atom stereocenters. The standard InChI is InChI=1S/C17H19Se/c1-14-5-9-16(10-6-14)17-11-7-15(8-12-17)4-2-3-13-18/h5-12H,2-4,13H2,1H3. The first-order chi connectivity index (χ1) is 8.79. The van der Waals surface area contributed by atoms with E-state index in [1.807, 2.05) is 0 Å². The summed E-state index contributed by atoms with van der Waals surface area (Å²) in [4.78, 5) is 0. The molecule has 0 amide bonds. The number of benzene rings is 2. The predicted molar refractivity (Wildman–Crippen MR) is 80.1 cm³/mol. The van der Waals surface area contributed by atoms with Gasteiger partial charge in [-0.2, -0.15) is 0 Å². The second kappa shape index (κ2) is 6.78. The molecule has 0 N–H and O–H groups in total. The molecule has 0 nitrogen and oxygen atoms in total. The third kappa shape index (κ3) is 3.73. The monoisotopic (exact) mass is 303 g/mol. The van der Waals surface area contributed by atoms with Crippen molar-refractivity contribution < 1.29 is 0 Å². The summed E-state index contributed by atoms with van der Waals surface area (Å²) in [7, 11) is 0. The molecule has 0 fully saturated rings. The van der Waals surface area contributed by atoms with Crippen molar-refractivity contribution in [2.45, 2.75) is 31.5 Å². The maximum atomic E-state index is 3.06. The van der Waals surface area contributed by atoms with E-state index < -0.39 is 0 Å². The van der Waals surface area contributed by atoms with Gasteiger partial charge in [0.2, 0.25) is 0 Å². The van der Waals surface area contributed by atoms with E-state index in [0.717, 1.165) is 0 Å². The van der Waals surface area contributed by atoms with Gasteiger partial charge in [0.05, 0.1) is 0 Å². The van der Waals surface area contributed by atoms with E-state index in [2.05, 4.69) is 71.5 Å². The Morgan fingerprint density at radius 3 is 1.89 bits per heavy atom. The second-order valence-corrected chi connectivity index (χ2v) is 5.58. The molecule has 0 saturated carbocycles. The Balaban J connectivity index is 2.05. The number of rotatable bonds is 5. The Kier molecular flexibility index (Phi) is 5.04. The molecular formula is C17H19Se. The second-order valence-electron chi connectivity index (χ2n) is 4.72. The van der Waals surface area contributed by atoms with Gasteiger partial charge in [-0.3, -0.25) is 0 Å². The molecule has 0 aromatic heterocycles. The van der Waals surface area contributed by atoms with Crippen LogP contribution in [0.2, 0.25) is 5.32 Å². The van der Waals surface area contributed by atoms with Crippen LogP contribution in [0.4, 0.5) is 0 Å². The zero-order chi connectivity index (χ0) is 12.8. The first kappa shape index (κ1) is 13.4. The molecule has 0 aliphatic rings. The van der Waals surface area contributed by atoms with Gasteiger partial charge in [0.1, 0.15) is 0 Å². The van der Waals surface area contributed by atoms with E-state index in [9.17, 15) is 0 Å². The Hall–Kier alpha value is -1.04. The van der Waals surface area contributed by atoms with Gasteiger partial charge in [0.25, 0.3) is 0 Å². The van der Waals surface area contributed by atoms with Crippen LogP contribution in [-0.2, 0) is 6.42 Å². The van der Waals surface area contributed by atoms with Crippen molar-refractivity contribution in [1.82, 2.24) is 0 Å². The van der Waals surface area contributed by atoms with Crippen molar-refractivity contribution in [2.75, 3.05) is 0 Å². The molecule has 0 heterocycles. The van der Waals surface area contributed by atoms with Crippen LogP contribution >= 0.6 is 0 Å². The predicted octanol–water partition coefficient (Wildman–Crippen LogP) is 4.57. The zero-order valence-electron chi connectivity index (χ0n) is 10.9. The summed E-state index contributed by atoms with van der Waals surface area (Å²) >= 11 is 3.06. The quantitative estimate of drug-likeness (QED) is 0.560. The van der Waals surface area contributed by atoms with Gasteiger partial charge in [0, 0.05) is 0 Å². The number of hydrogen-bond acceptors (Lipinski definition) is 0. The van der Waals surface area contributed by atoms with Crippen molar-refractivity contribution in [1.29, 1.82) is 0 Å². The van der Waals surface area contributed by atoms with E-state index in [-0.39, 0.29) is 0 Å². The fourth-order valence-corrected chi connectivity index (χ4v) is 2.47. The summed E-state index contributed by atoms with van der Waals surface area (Å²) in [5.41, 5.74) is 5.36. The minimum atomic E-state index is 1.17. The summed E-state index contributed by atoms with van der Waals surface area (Å²) in [6.07, 6.45) is 3.74. The molecule has 2 rings (SSSR count).